The summed E-state index contributed by atoms with van der Waals surface area (Å²) < 4.78 is 45.5. The molecule has 0 bridgehead atoms. The maximum absolute atomic E-state index is 14.4. The third-order valence-electron chi connectivity index (χ3n) is 7.11. The highest BCUT2D eigenvalue weighted by Crippen LogP contribution is 2.40. The summed E-state index contributed by atoms with van der Waals surface area (Å²) in [4.78, 5) is 17.8. The first-order valence-corrected chi connectivity index (χ1v) is 13.1. The van der Waals surface area contributed by atoms with E-state index in [1.54, 1.807) is 48.9 Å². The van der Waals surface area contributed by atoms with Crippen LogP contribution < -0.4 is 5.32 Å². The van der Waals surface area contributed by atoms with Gasteiger partial charge in [-0.2, -0.15) is 23.4 Å². The maximum atomic E-state index is 14.4. The number of rotatable bonds is 4. The number of aromatic nitrogens is 5. The van der Waals surface area contributed by atoms with Gasteiger partial charge in [0.15, 0.2) is 17.0 Å². The molecule has 0 aliphatic heterocycles. The lowest BCUT2D eigenvalue weighted by molar-refractivity contribution is -0.143. The van der Waals surface area contributed by atoms with Crippen LogP contribution in [0.2, 0.25) is 10.0 Å². The van der Waals surface area contributed by atoms with E-state index in [-0.39, 0.29) is 35.6 Å². The first-order valence-electron chi connectivity index (χ1n) is 12.4. The molecule has 12 heteroatoms. The summed E-state index contributed by atoms with van der Waals surface area (Å²) >= 11 is 12.6. The molecule has 0 fully saturated rings. The van der Waals surface area contributed by atoms with Crippen LogP contribution in [0.3, 0.4) is 0 Å². The van der Waals surface area contributed by atoms with Crippen molar-refractivity contribution >= 4 is 40.4 Å². The van der Waals surface area contributed by atoms with Crippen LogP contribution in [-0.4, -0.2) is 30.3 Å². The van der Waals surface area contributed by atoms with Crippen LogP contribution in [0.15, 0.2) is 48.5 Å². The number of carbonyl (C=O) groups is 1. The Labute approximate surface area is 236 Å². The topological polar surface area (TPSA) is 77.1 Å². The van der Waals surface area contributed by atoms with E-state index in [2.05, 4.69) is 20.5 Å². The summed E-state index contributed by atoms with van der Waals surface area (Å²) in [5.74, 6) is -0.682. The number of nitrogens with one attached hydrogen (secondary N) is 1. The van der Waals surface area contributed by atoms with E-state index in [4.69, 9.17) is 23.2 Å². The van der Waals surface area contributed by atoms with Gasteiger partial charge in [-0.25, -0.2) is 9.50 Å². The molecule has 0 unspecified atom stereocenters. The van der Waals surface area contributed by atoms with Crippen molar-refractivity contribution in [1.82, 2.24) is 24.4 Å². The van der Waals surface area contributed by atoms with Gasteiger partial charge in [-0.1, -0.05) is 53.5 Å². The van der Waals surface area contributed by atoms with E-state index in [0.717, 1.165) is 10.1 Å². The average Bonchev–Trinajstić information content (AvgIpc) is 3.44. The minimum Gasteiger partial charge on any atom is -0.317 e. The summed E-state index contributed by atoms with van der Waals surface area (Å²) in [5, 5.41) is 12.3. The van der Waals surface area contributed by atoms with Gasteiger partial charge in [0.1, 0.15) is 0 Å². The first-order chi connectivity index (χ1) is 19.0. The molecule has 0 saturated heterocycles. The summed E-state index contributed by atoms with van der Waals surface area (Å²) in [6.45, 7) is 3.74. The molecular formula is C28H21Cl2F3N6O. The van der Waals surface area contributed by atoms with E-state index in [1.165, 1.54) is 6.07 Å². The van der Waals surface area contributed by atoms with Crippen molar-refractivity contribution in [3.05, 3.63) is 98.0 Å². The fourth-order valence-corrected chi connectivity index (χ4v) is 5.69. The number of halogens is 5. The van der Waals surface area contributed by atoms with E-state index >= 15 is 0 Å². The van der Waals surface area contributed by atoms with Crippen LogP contribution in [0.25, 0.3) is 16.9 Å². The lowest BCUT2D eigenvalue weighted by Crippen LogP contribution is -2.21. The van der Waals surface area contributed by atoms with E-state index in [9.17, 15) is 18.0 Å². The zero-order valence-electron chi connectivity index (χ0n) is 21.3. The fourth-order valence-electron chi connectivity index (χ4n) is 5.17. The number of carbonyl (C=O) groups excluding carboxylic acids is 1. The molecule has 5 aromatic rings. The van der Waals surface area contributed by atoms with E-state index in [1.807, 2.05) is 12.1 Å². The predicted octanol–water partition coefficient (Wildman–Crippen LogP) is 6.93. The van der Waals surface area contributed by atoms with Gasteiger partial charge in [-0.3, -0.25) is 9.48 Å². The minimum atomic E-state index is -4.70. The highest BCUT2D eigenvalue weighted by atomic mass is 35.5. The lowest BCUT2D eigenvalue weighted by atomic mass is 9.88. The number of amides is 1. The number of aryl methyl sites for hydroxylation is 2. The molecule has 2 aromatic carbocycles. The van der Waals surface area contributed by atoms with Crippen LogP contribution >= 0.6 is 23.2 Å². The van der Waals surface area contributed by atoms with Crippen molar-refractivity contribution in [2.24, 2.45) is 0 Å². The van der Waals surface area contributed by atoms with Crippen LogP contribution in [-0.2, 0) is 25.6 Å². The molecule has 1 aliphatic carbocycles. The number of hydrogen-bond donors (Lipinski definition) is 1. The van der Waals surface area contributed by atoms with E-state index < -0.39 is 17.8 Å². The molecule has 6 rings (SSSR count). The molecule has 3 heterocycles. The van der Waals surface area contributed by atoms with Gasteiger partial charge < -0.3 is 5.32 Å². The Hall–Kier alpha value is -3.89. The van der Waals surface area contributed by atoms with Crippen molar-refractivity contribution in [1.29, 1.82) is 0 Å². The molecule has 1 N–H and O–H groups in total. The largest absolute Gasteiger partial charge is 0.433 e. The maximum Gasteiger partial charge on any atom is 0.433 e. The molecule has 1 amide bonds. The fraction of sp³-hybridized carbons (Fsp3) is 0.214. The monoisotopic (exact) mass is 584 g/mol. The predicted molar refractivity (Wildman–Crippen MR) is 146 cm³/mol. The molecule has 40 heavy (non-hydrogen) atoms. The summed E-state index contributed by atoms with van der Waals surface area (Å²) in [6.07, 6.45) is -4.08. The SMILES string of the molecule is Cc1nn(Cc2c(Cl)cccc2Cl)c(C)c1NC(=O)c1cc2nc3c(c(C(F)(F)F)n2n1)CCc1ccccc1-3. The number of anilines is 1. The van der Waals surface area contributed by atoms with Gasteiger partial charge in [0.2, 0.25) is 0 Å². The smallest absolute Gasteiger partial charge is 0.317 e. The van der Waals surface area contributed by atoms with E-state index in [0.29, 0.717) is 44.7 Å². The normalized spacial score (nSPS) is 12.9. The Morgan fingerprint density at radius 2 is 1.75 bits per heavy atom. The van der Waals surface area contributed by atoms with Gasteiger partial charge >= 0.3 is 6.18 Å². The quantitative estimate of drug-likeness (QED) is 0.248. The second-order valence-corrected chi connectivity index (χ2v) is 10.4. The Balaban J connectivity index is 1.38. The zero-order chi connectivity index (χ0) is 28.3. The summed E-state index contributed by atoms with van der Waals surface area (Å²) in [6, 6.07) is 13.7. The highest BCUT2D eigenvalue weighted by Gasteiger charge is 2.40. The first kappa shape index (κ1) is 26.3. The highest BCUT2D eigenvalue weighted by molar-refractivity contribution is 6.36. The molecule has 1 aliphatic rings. The second kappa shape index (κ2) is 9.64. The van der Waals surface area contributed by atoms with Gasteiger partial charge in [-0.05, 0) is 44.4 Å². The molecule has 7 nitrogen and oxygen atoms in total. The third-order valence-corrected chi connectivity index (χ3v) is 7.82. The lowest BCUT2D eigenvalue weighted by Gasteiger charge is -2.23. The minimum absolute atomic E-state index is 0.0644. The number of alkyl halides is 3. The zero-order valence-corrected chi connectivity index (χ0v) is 22.8. The van der Waals surface area contributed by atoms with Gasteiger partial charge in [-0.15, -0.1) is 0 Å². The Bertz CT molecular complexity index is 1810. The van der Waals surface area contributed by atoms with Crippen molar-refractivity contribution in [3.8, 4) is 11.3 Å². The number of fused-ring (bicyclic) bond motifs is 4. The van der Waals surface area contributed by atoms with Gasteiger partial charge in [0.25, 0.3) is 5.91 Å². The Morgan fingerprint density at radius 1 is 1.02 bits per heavy atom. The van der Waals surface area contributed by atoms with Crippen molar-refractivity contribution in [2.75, 3.05) is 5.32 Å². The van der Waals surface area contributed by atoms with Crippen molar-refractivity contribution < 1.29 is 18.0 Å². The Kier molecular flexibility index (Phi) is 6.35. The van der Waals surface area contributed by atoms with Gasteiger partial charge in [0.05, 0.1) is 29.3 Å². The molecule has 204 valence electrons. The van der Waals surface area contributed by atoms with Crippen LogP contribution in [0.1, 0.15) is 44.3 Å². The summed E-state index contributed by atoms with van der Waals surface area (Å²) in [5.41, 5.74) is 2.95. The number of nitrogens with zero attached hydrogens (tertiary/aromatic N) is 5. The molecule has 0 atom stereocenters. The molecule has 0 spiro atoms. The van der Waals surface area contributed by atoms with Crippen molar-refractivity contribution in [2.45, 2.75) is 39.4 Å². The van der Waals surface area contributed by atoms with Crippen LogP contribution in [0.5, 0.6) is 0 Å². The molecular weight excluding hydrogens is 564 g/mol. The van der Waals surface area contributed by atoms with Crippen LogP contribution in [0.4, 0.5) is 18.9 Å². The molecule has 3 aromatic heterocycles. The third kappa shape index (κ3) is 4.41. The summed E-state index contributed by atoms with van der Waals surface area (Å²) in [7, 11) is 0. The standard InChI is InChI=1S/C28H21Cl2F3N6O/c1-14-24(15(2)38(36-14)13-19-20(29)8-5-9-21(19)30)35-27(40)22-12-23-34-25-17-7-4-3-6-16(17)10-11-18(25)26(28(31,32)33)39(23)37-22/h3-9,12H,10-11,13H2,1-2H3,(H,35,40). The van der Waals surface area contributed by atoms with Gasteiger partial charge in [0, 0.05) is 32.8 Å². The average molecular weight is 585 g/mol. The molecule has 0 saturated carbocycles. The van der Waals surface area contributed by atoms with Crippen molar-refractivity contribution in [3.63, 3.8) is 0 Å². The molecule has 0 radical (unpaired) electrons. The number of benzene rings is 2. The Morgan fingerprint density at radius 3 is 2.48 bits per heavy atom. The second-order valence-electron chi connectivity index (χ2n) is 9.60. The van der Waals surface area contributed by atoms with Crippen LogP contribution in [0, 0.1) is 13.8 Å². The number of hydrogen-bond acceptors (Lipinski definition) is 4.